The lowest BCUT2D eigenvalue weighted by Gasteiger charge is -2.40. The maximum absolute atomic E-state index is 12.8. The minimum Gasteiger partial charge on any atom is -0.493 e. The molecular formula is C24H35IN2O8. The van der Waals surface area contributed by atoms with Gasteiger partial charge in [0.05, 0.1) is 29.9 Å². The first-order chi connectivity index (χ1) is 16.8. The number of amides is 2. The van der Waals surface area contributed by atoms with Gasteiger partial charge in [0.1, 0.15) is 12.2 Å². The zero-order valence-electron chi connectivity index (χ0n) is 20.3. The maximum atomic E-state index is 12.8. The van der Waals surface area contributed by atoms with Crippen LogP contribution in [0.3, 0.4) is 0 Å². The van der Waals surface area contributed by atoms with E-state index in [1.165, 1.54) is 14.0 Å². The summed E-state index contributed by atoms with van der Waals surface area (Å²) in [5, 5.41) is 32.5. The van der Waals surface area contributed by atoms with E-state index in [0.29, 0.717) is 52.4 Å². The molecule has 1 aromatic carbocycles. The molecule has 196 valence electrons. The molecule has 4 N–H and O–H groups in total. The van der Waals surface area contributed by atoms with Crippen LogP contribution in [0.15, 0.2) is 23.8 Å². The number of carbonyl (C=O) groups excluding carboxylic acids is 2. The minimum atomic E-state index is -1.13. The van der Waals surface area contributed by atoms with Gasteiger partial charge in [0.15, 0.2) is 11.5 Å². The van der Waals surface area contributed by atoms with Gasteiger partial charge in [-0.3, -0.25) is 9.59 Å². The summed E-state index contributed by atoms with van der Waals surface area (Å²) in [6.45, 7) is 4.38. The smallest absolute Gasteiger partial charge is 0.247 e. The van der Waals surface area contributed by atoms with Crippen molar-refractivity contribution in [1.82, 2.24) is 10.2 Å². The third-order valence-electron chi connectivity index (χ3n) is 5.64. The molecule has 0 saturated heterocycles. The second-order valence-corrected chi connectivity index (χ2v) is 9.21. The summed E-state index contributed by atoms with van der Waals surface area (Å²) >= 11 is 2.05. The SMILES string of the molecule is CCOCCCN(C(C)=O)C1CC(C(=O)NCCO)=CC(Oc2c(I)cc(CO)cc2OC)C1O. The van der Waals surface area contributed by atoms with Crippen molar-refractivity contribution in [1.29, 1.82) is 0 Å². The van der Waals surface area contributed by atoms with Crippen LogP contribution in [-0.2, 0) is 20.9 Å². The average molecular weight is 606 g/mol. The highest BCUT2D eigenvalue weighted by Gasteiger charge is 2.40. The molecule has 0 bridgehead atoms. The molecule has 2 amide bonds. The van der Waals surface area contributed by atoms with Crippen LogP contribution in [0.4, 0.5) is 0 Å². The lowest BCUT2D eigenvalue weighted by molar-refractivity contribution is -0.136. The largest absolute Gasteiger partial charge is 0.493 e. The van der Waals surface area contributed by atoms with Crippen LogP contribution in [0.1, 0.15) is 32.3 Å². The third-order valence-corrected chi connectivity index (χ3v) is 6.44. The summed E-state index contributed by atoms with van der Waals surface area (Å²) in [7, 11) is 1.47. The number of methoxy groups -OCH3 is 1. The summed E-state index contributed by atoms with van der Waals surface area (Å²) in [6.07, 6.45) is 0.163. The lowest BCUT2D eigenvalue weighted by Crippen LogP contribution is -2.55. The molecule has 35 heavy (non-hydrogen) atoms. The van der Waals surface area contributed by atoms with E-state index in [1.807, 2.05) is 29.5 Å². The molecule has 10 nitrogen and oxygen atoms in total. The molecule has 3 atom stereocenters. The number of rotatable bonds is 13. The lowest BCUT2D eigenvalue weighted by atomic mass is 9.88. The molecule has 0 radical (unpaired) electrons. The van der Waals surface area contributed by atoms with Crippen molar-refractivity contribution in [2.45, 2.75) is 51.5 Å². The Labute approximate surface area is 219 Å². The quantitative estimate of drug-likeness (QED) is 0.193. The fourth-order valence-electron chi connectivity index (χ4n) is 3.93. The van der Waals surface area contributed by atoms with E-state index in [2.05, 4.69) is 5.32 Å². The van der Waals surface area contributed by atoms with Gasteiger partial charge in [0.25, 0.3) is 0 Å². The highest BCUT2D eigenvalue weighted by molar-refractivity contribution is 14.1. The predicted molar refractivity (Wildman–Crippen MR) is 137 cm³/mol. The molecule has 1 aromatic rings. The van der Waals surface area contributed by atoms with Crippen LogP contribution in [0.25, 0.3) is 0 Å². The van der Waals surface area contributed by atoms with Gasteiger partial charge >= 0.3 is 0 Å². The summed E-state index contributed by atoms with van der Waals surface area (Å²) in [5.41, 5.74) is 0.980. The van der Waals surface area contributed by atoms with Crippen LogP contribution < -0.4 is 14.8 Å². The fourth-order valence-corrected chi connectivity index (χ4v) is 4.73. The molecule has 0 saturated carbocycles. The number of nitrogens with one attached hydrogen (secondary N) is 1. The Kier molecular flexibility index (Phi) is 12.2. The Morgan fingerprint density at radius 2 is 2.03 bits per heavy atom. The van der Waals surface area contributed by atoms with E-state index in [-0.39, 0.29) is 32.1 Å². The molecule has 0 heterocycles. The van der Waals surface area contributed by atoms with E-state index in [0.717, 1.165) is 0 Å². The molecule has 3 unspecified atom stereocenters. The topological polar surface area (TPSA) is 138 Å². The number of nitrogens with zero attached hydrogens (tertiary/aromatic N) is 1. The Hall–Kier alpha value is -1.93. The number of hydrogen-bond acceptors (Lipinski definition) is 8. The third kappa shape index (κ3) is 8.04. The van der Waals surface area contributed by atoms with Crippen LogP contribution in [0.5, 0.6) is 11.5 Å². The summed E-state index contributed by atoms with van der Waals surface area (Å²) in [6, 6.07) is 2.66. The summed E-state index contributed by atoms with van der Waals surface area (Å²) < 4.78 is 17.6. The molecule has 0 aromatic heterocycles. The van der Waals surface area contributed by atoms with Gasteiger partial charge in [0, 0.05) is 45.2 Å². The molecule has 2 rings (SSSR count). The summed E-state index contributed by atoms with van der Waals surface area (Å²) in [4.78, 5) is 26.8. The van der Waals surface area contributed by atoms with E-state index in [9.17, 15) is 19.8 Å². The van der Waals surface area contributed by atoms with Gasteiger partial charge in [-0.2, -0.15) is 0 Å². The minimum absolute atomic E-state index is 0.0774. The first-order valence-electron chi connectivity index (χ1n) is 11.5. The summed E-state index contributed by atoms with van der Waals surface area (Å²) in [5.74, 6) is 0.0858. The number of ether oxygens (including phenoxy) is 3. The van der Waals surface area contributed by atoms with Gasteiger partial charge in [0.2, 0.25) is 11.8 Å². The highest BCUT2D eigenvalue weighted by Crippen LogP contribution is 2.37. The number of benzene rings is 1. The second-order valence-electron chi connectivity index (χ2n) is 8.05. The number of carbonyl (C=O) groups is 2. The first kappa shape index (κ1) is 29.3. The molecule has 11 heteroatoms. The maximum Gasteiger partial charge on any atom is 0.247 e. The zero-order chi connectivity index (χ0) is 26.0. The number of hydrogen-bond donors (Lipinski definition) is 4. The van der Waals surface area contributed by atoms with Crippen LogP contribution in [-0.4, -0.2) is 90.3 Å². The highest BCUT2D eigenvalue weighted by atomic mass is 127. The molecule has 0 aliphatic heterocycles. The van der Waals surface area contributed by atoms with E-state index >= 15 is 0 Å². The normalized spacial score (nSPS) is 19.6. The molecule has 0 spiro atoms. The fraction of sp³-hybridized carbons (Fsp3) is 0.583. The predicted octanol–water partition coefficient (Wildman–Crippen LogP) is 0.983. The zero-order valence-corrected chi connectivity index (χ0v) is 22.5. The van der Waals surface area contributed by atoms with Gasteiger partial charge in [-0.15, -0.1) is 0 Å². The Morgan fingerprint density at radius 3 is 2.63 bits per heavy atom. The van der Waals surface area contributed by atoms with Crippen molar-refractivity contribution in [2.75, 3.05) is 40.0 Å². The van der Waals surface area contributed by atoms with Crippen molar-refractivity contribution in [2.24, 2.45) is 0 Å². The second kappa shape index (κ2) is 14.6. The van der Waals surface area contributed by atoms with Crippen LogP contribution in [0, 0.1) is 3.57 Å². The Balaban J connectivity index is 2.40. The van der Waals surface area contributed by atoms with Crippen molar-refractivity contribution < 1.29 is 39.1 Å². The monoisotopic (exact) mass is 606 g/mol. The van der Waals surface area contributed by atoms with E-state index in [4.69, 9.17) is 19.3 Å². The van der Waals surface area contributed by atoms with Crippen molar-refractivity contribution >= 4 is 34.4 Å². The Bertz CT molecular complexity index is 895. The average Bonchev–Trinajstić information content (AvgIpc) is 2.84. The van der Waals surface area contributed by atoms with E-state index < -0.39 is 24.2 Å². The van der Waals surface area contributed by atoms with Crippen molar-refractivity contribution in [3.05, 3.63) is 32.9 Å². The van der Waals surface area contributed by atoms with Crippen LogP contribution in [0.2, 0.25) is 0 Å². The van der Waals surface area contributed by atoms with Gasteiger partial charge in [-0.1, -0.05) is 0 Å². The number of halogens is 1. The van der Waals surface area contributed by atoms with Crippen molar-refractivity contribution in [3.63, 3.8) is 0 Å². The Morgan fingerprint density at radius 1 is 1.29 bits per heavy atom. The van der Waals surface area contributed by atoms with Crippen LogP contribution >= 0.6 is 22.6 Å². The van der Waals surface area contributed by atoms with Gasteiger partial charge in [-0.25, -0.2) is 0 Å². The van der Waals surface area contributed by atoms with Gasteiger partial charge < -0.3 is 39.7 Å². The molecule has 1 aliphatic carbocycles. The van der Waals surface area contributed by atoms with Crippen molar-refractivity contribution in [3.8, 4) is 11.5 Å². The number of aliphatic hydroxyl groups excluding tert-OH is 3. The van der Waals surface area contributed by atoms with Gasteiger partial charge in [-0.05, 0) is 59.7 Å². The first-order valence-corrected chi connectivity index (χ1v) is 12.6. The molecule has 0 fully saturated rings. The standard InChI is InChI=1S/C24H35IN2O8/c1-4-34-9-5-7-27(15(2)30)19-12-17(24(32)26-6-8-28)13-20(22(19)31)35-23-18(25)10-16(14-29)11-21(23)33-3/h10-11,13,19-20,22,28-29,31H,4-9,12,14H2,1-3H3,(H,26,32). The number of aliphatic hydroxyl groups is 3. The van der Waals surface area contributed by atoms with E-state index in [1.54, 1.807) is 23.1 Å². The molecular weight excluding hydrogens is 571 g/mol. The molecule has 1 aliphatic rings.